The monoisotopic (exact) mass is 384 g/mol. The minimum Gasteiger partial charge on any atom is -0.330 e. The molecule has 0 unspecified atom stereocenters. The van der Waals surface area contributed by atoms with E-state index in [4.69, 9.17) is 5.73 Å². The predicted octanol–water partition coefficient (Wildman–Crippen LogP) is 1.82. The van der Waals surface area contributed by atoms with Crippen LogP contribution >= 0.6 is 11.8 Å². The van der Waals surface area contributed by atoms with Gasteiger partial charge in [-0.2, -0.15) is 0 Å². The van der Waals surface area contributed by atoms with Crippen LogP contribution in [0.3, 0.4) is 0 Å². The normalized spacial score (nSPS) is 19.4. The highest BCUT2D eigenvalue weighted by atomic mass is 32.2. The van der Waals surface area contributed by atoms with Crippen molar-refractivity contribution in [3.05, 3.63) is 35.9 Å². The van der Waals surface area contributed by atoms with Gasteiger partial charge in [0, 0.05) is 12.2 Å². The molecule has 1 fully saturated rings. The minimum atomic E-state index is -2.86. The molecule has 1 aliphatic heterocycles. The van der Waals surface area contributed by atoms with Crippen LogP contribution < -0.4 is 5.73 Å². The van der Waals surface area contributed by atoms with E-state index >= 15 is 0 Å². The molecule has 25 heavy (non-hydrogen) atoms. The average Bonchev–Trinajstić information content (AvgIpc) is 3.12. The number of rotatable bonds is 7. The van der Waals surface area contributed by atoms with Crippen LogP contribution in [0.5, 0.6) is 0 Å². The van der Waals surface area contributed by atoms with Crippen molar-refractivity contribution in [3.8, 4) is 5.69 Å². The van der Waals surface area contributed by atoms with E-state index in [1.165, 1.54) is 17.8 Å². The van der Waals surface area contributed by atoms with Crippen molar-refractivity contribution in [1.29, 1.82) is 0 Å². The summed E-state index contributed by atoms with van der Waals surface area (Å²) >= 11 is 1.47. The summed E-state index contributed by atoms with van der Waals surface area (Å²) in [5.74, 6) is 1.75. The second-order valence-corrected chi connectivity index (χ2v) is 9.42. The van der Waals surface area contributed by atoms with Crippen LogP contribution in [-0.2, 0) is 16.3 Å². The van der Waals surface area contributed by atoms with E-state index in [2.05, 4.69) is 10.2 Å². The molecule has 0 radical (unpaired) electrons. The van der Waals surface area contributed by atoms with E-state index in [-0.39, 0.29) is 23.2 Å². The molecule has 1 atom stereocenters. The lowest BCUT2D eigenvalue weighted by molar-refractivity contribution is 0.573. The van der Waals surface area contributed by atoms with Gasteiger partial charge in [-0.15, -0.1) is 10.2 Å². The molecule has 0 spiro atoms. The fourth-order valence-electron chi connectivity index (χ4n) is 2.98. The summed E-state index contributed by atoms with van der Waals surface area (Å²) in [4.78, 5) is 0. The summed E-state index contributed by atoms with van der Waals surface area (Å²) in [6, 6.07) is 6.49. The van der Waals surface area contributed by atoms with Gasteiger partial charge in [0.15, 0.2) is 15.0 Å². The Bertz CT molecular complexity index is 838. The van der Waals surface area contributed by atoms with Crippen LogP contribution in [0.15, 0.2) is 29.4 Å². The van der Waals surface area contributed by atoms with Crippen LogP contribution in [-0.4, -0.2) is 47.0 Å². The maximum Gasteiger partial charge on any atom is 0.195 e. The van der Waals surface area contributed by atoms with Gasteiger partial charge in [-0.3, -0.25) is 4.57 Å². The highest BCUT2D eigenvalue weighted by molar-refractivity contribution is 7.99. The molecule has 1 aromatic heterocycles. The Kier molecular flexibility index (Phi) is 5.75. The Morgan fingerprint density at radius 1 is 1.32 bits per heavy atom. The van der Waals surface area contributed by atoms with Crippen molar-refractivity contribution in [2.75, 3.05) is 23.8 Å². The molecule has 9 heteroatoms. The zero-order chi connectivity index (χ0) is 17.9. The van der Waals surface area contributed by atoms with Gasteiger partial charge in [0.1, 0.15) is 11.6 Å². The molecule has 2 heterocycles. The Hall–Kier alpha value is -1.45. The zero-order valence-corrected chi connectivity index (χ0v) is 15.4. The standard InChI is InChI=1S/C16H21FN4O2S2/c17-13-3-1-2-4-14(13)21-15(5-8-18)19-20-16(21)24-9-6-12-7-10-25(22,23)11-12/h1-4,12H,5-11,18H2/t12-/m0/s1. The molecule has 2 N–H and O–H groups in total. The molecule has 0 saturated carbocycles. The number of halogens is 1. The molecular weight excluding hydrogens is 363 g/mol. The van der Waals surface area contributed by atoms with Crippen LogP contribution in [0, 0.1) is 11.7 Å². The molecule has 3 rings (SSSR count). The van der Waals surface area contributed by atoms with Crippen LogP contribution in [0.4, 0.5) is 4.39 Å². The summed E-state index contributed by atoms with van der Waals surface area (Å²) in [5.41, 5.74) is 6.03. The number of nitrogens with zero attached hydrogens (tertiary/aromatic N) is 3. The molecule has 1 aliphatic rings. The van der Waals surface area contributed by atoms with Crippen molar-refractivity contribution in [2.45, 2.75) is 24.4 Å². The van der Waals surface area contributed by atoms with E-state index in [0.717, 1.165) is 18.6 Å². The first-order valence-corrected chi connectivity index (χ1v) is 11.0. The molecule has 0 amide bonds. The average molecular weight is 385 g/mol. The SMILES string of the molecule is NCCc1nnc(SCC[C@H]2CCS(=O)(=O)C2)n1-c1ccccc1F. The number of hydrogen-bond donors (Lipinski definition) is 1. The first-order chi connectivity index (χ1) is 12.0. The number of para-hydroxylation sites is 1. The second kappa shape index (κ2) is 7.84. The van der Waals surface area contributed by atoms with Crippen molar-refractivity contribution in [3.63, 3.8) is 0 Å². The fourth-order valence-corrected chi connectivity index (χ4v) is 5.95. The van der Waals surface area contributed by atoms with Gasteiger partial charge in [0.2, 0.25) is 0 Å². The van der Waals surface area contributed by atoms with Gasteiger partial charge >= 0.3 is 0 Å². The van der Waals surface area contributed by atoms with Gasteiger partial charge < -0.3 is 5.73 Å². The topological polar surface area (TPSA) is 90.9 Å². The van der Waals surface area contributed by atoms with E-state index in [0.29, 0.717) is 29.6 Å². The van der Waals surface area contributed by atoms with Crippen molar-refractivity contribution >= 4 is 21.6 Å². The molecule has 1 saturated heterocycles. The Balaban J connectivity index is 1.74. The maximum absolute atomic E-state index is 14.2. The first-order valence-electron chi connectivity index (χ1n) is 8.22. The molecular formula is C16H21FN4O2S2. The summed E-state index contributed by atoms with van der Waals surface area (Å²) in [6.45, 7) is 0.400. The fraction of sp³-hybridized carbons (Fsp3) is 0.500. The quantitative estimate of drug-likeness (QED) is 0.733. The lowest BCUT2D eigenvalue weighted by Gasteiger charge is -2.11. The Morgan fingerprint density at radius 2 is 2.12 bits per heavy atom. The second-order valence-electron chi connectivity index (χ2n) is 6.13. The van der Waals surface area contributed by atoms with Crippen molar-refractivity contribution in [2.24, 2.45) is 11.7 Å². The largest absolute Gasteiger partial charge is 0.330 e. The molecule has 136 valence electrons. The summed E-state index contributed by atoms with van der Waals surface area (Å²) in [5, 5.41) is 8.93. The van der Waals surface area contributed by atoms with Crippen molar-refractivity contribution in [1.82, 2.24) is 14.8 Å². The van der Waals surface area contributed by atoms with Gasteiger partial charge in [-0.05, 0) is 37.4 Å². The minimum absolute atomic E-state index is 0.200. The van der Waals surface area contributed by atoms with Crippen LogP contribution in [0.25, 0.3) is 5.69 Å². The van der Waals surface area contributed by atoms with E-state index < -0.39 is 9.84 Å². The zero-order valence-electron chi connectivity index (χ0n) is 13.8. The highest BCUT2D eigenvalue weighted by Crippen LogP contribution is 2.28. The Labute approximate surface area is 150 Å². The number of hydrogen-bond acceptors (Lipinski definition) is 6. The molecule has 1 aromatic carbocycles. The van der Waals surface area contributed by atoms with Gasteiger partial charge in [0.05, 0.1) is 17.2 Å². The predicted molar refractivity (Wildman–Crippen MR) is 96.2 cm³/mol. The number of sulfone groups is 1. The molecule has 0 bridgehead atoms. The van der Waals surface area contributed by atoms with E-state index in [9.17, 15) is 12.8 Å². The maximum atomic E-state index is 14.2. The summed E-state index contributed by atoms with van der Waals surface area (Å²) in [7, 11) is -2.86. The smallest absolute Gasteiger partial charge is 0.195 e. The lowest BCUT2D eigenvalue weighted by Crippen LogP contribution is -2.11. The molecule has 0 aliphatic carbocycles. The third-order valence-corrected chi connectivity index (χ3v) is 7.04. The highest BCUT2D eigenvalue weighted by Gasteiger charge is 2.27. The van der Waals surface area contributed by atoms with Crippen LogP contribution in [0.2, 0.25) is 0 Å². The van der Waals surface area contributed by atoms with Gasteiger partial charge in [0.25, 0.3) is 0 Å². The number of benzene rings is 1. The lowest BCUT2D eigenvalue weighted by atomic mass is 10.1. The first kappa shape index (κ1) is 18.3. The van der Waals surface area contributed by atoms with Crippen LogP contribution in [0.1, 0.15) is 18.7 Å². The number of nitrogens with two attached hydrogens (primary N) is 1. The number of thioether (sulfide) groups is 1. The summed E-state index contributed by atoms with van der Waals surface area (Å²) in [6.07, 6.45) is 2.02. The van der Waals surface area contributed by atoms with Crippen molar-refractivity contribution < 1.29 is 12.8 Å². The van der Waals surface area contributed by atoms with E-state index in [1.807, 2.05) is 0 Å². The van der Waals surface area contributed by atoms with Gasteiger partial charge in [-0.1, -0.05) is 23.9 Å². The van der Waals surface area contributed by atoms with E-state index in [1.54, 1.807) is 22.8 Å². The number of aromatic nitrogens is 3. The van der Waals surface area contributed by atoms with Gasteiger partial charge in [-0.25, -0.2) is 12.8 Å². The summed E-state index contributed by atoms with van der Waals surface area (Å²) < 4.78 is 39.0. The third kappa shape index (κ3) is 4.39. The Morgan fingerprint density at radius 3 is 2.80 bits per heavy atom. The molecule has 6 nitrogen and oxygen atoms in total. The third-order valence-electron chi connectivity index (χ3n) is 4.25. The molecule has 2 aromatic rings.